The van der Waals surface area contributed by atoms with Gasteiger partial charge in [-0.25, -0.2) is 5.48 Å². The van der Waals surface area contributed by atoms with Crippen LogP contribution in [-0.4, -0.2) is 58.0 Å². The number of allylic oxidation sites excluding steroid dienone is 1. The van der Waals surface area contributed by atoms with Crippen LogP contribution in [0.15, 0.2) is 58.9 Å². The van der Waals surface area contributed by atoms with Gasteiger partial charge in [-0.15, -0.1) is 0 Å². The Bertz CT molecular complexity index is 1520. The lowest BCUT2D eigenvalue weighted by atomic mass is 9.59. The third-order valence-electron chi connectivity index (χ3n) is 7.94. The second-order valence-electron chi connectivity index (χ2n) is 9.97. The van der Waals surface area contributed by atoms with Crippen LogP contribution in [0.2, 0.25) is 0 Å². The second kappa shape index (κ2) is 9.45. The number of hydroxylamine groups is 1. The summed E-state index contributed by atoms with van der Waals surface area (Å²) in [6, 6.07) is 9.62. The van der Waals surface area contributed by atoms with Crippen LogP contribution in [0.25, 0.3) is 11.1 Å². The van der Waals surface area contributed by atoms with Gasteiger partial charge in [0.1, 0.15) is 11.5 Å². The first-order valence-corrected chi connectivity index (χ1v) is 12.3. The van der Waals surface area contributed by atoms with E-state index in [2.05, 4.69) is 5.48 Å². The molecule has 11 heteroatoms. The predicted octanol–water partition coefficient (Wildman–Crippen LogP) is 0.982. The van der Waals surface area contributed by atoms with Crippen molar-refractivity contribution in [2.45, 2.75) is 24.9 Å². The van der Waals surface area contributed by atoms with Crippen molar-refractivity contribution in [1.29, 1.82) is 0 Å². The van der Waals surface area contributed by atoms with E-state index in [1.165, 1.54) is 13.2 Å². The Morgan fingerprint density at radius 2 is 1.90 bits per heavy atom. The highest BCUT2D eigenvalue weighted by molar-refractivity contribution is 6.25. The van der Waals surface area contributed by atoms with Gasteiger partial charge in [-0.1, -0.05) is 18.2 Å². The zero-order chi connectivity index (χ0) is 28.2. The number of aromatic hydroxyl groups is 1. The summed E-state index contributed by atoms with van der Waals surface area (Å²) in [4.78, 5) is 56.1. The first-order chi connectivity index (χ1) is 18.5. The van der Waals surface area contributed by atoms with E-state index in [4.69, 9.17) is 16.3 Å². The lowest BCUT2D eigenvalue weighted by Crippen LogP contribution is -2.57. The van der Waals surface area contributed by atoms with E-state index in [1.54, 1.807) is 30.3 Å². The Kier molecular flexibility index (Phi) is 6.37. The second-order valence-corrected chi connectivity index (χ2v) is 9.97. The number of phenols is 1. The van der Waals surface area contributed by atoms with Crippen LogP contribution < -0.4 is 16.9 Å². The van der Waals surface area contributed by atoms with Gasteiger partial charge in [0.25, 0.3) is 11.8 Å². The number of phenolic OH excluding ortho intramolecular Hbond substituents is 1. The summed E-state index contributed by atoms with van der Waals surface area (Å²) in [5, 5.41) is 33.4. The maximum Gasteiger partial charge on any atom is 0.274 e. The molecule has 0 aromatic heterocycles. The Hall–Kier alpha value is -4.32. The van der Waals surface area contributed by atoms with Gasteiger partial charge in [-0.2, -0.15) is 0 Å². The number of nitrogens with one attached hydrogen (secondary N) is 1. The molecule has 3 aliphatic carbocycles. The molecular weight excluding hydrogens is 506 g/mol. The van der Waals surface area contributed by atoms with Gasteiger partial charge in [0.2, 0.25) is 5.78 Å². The van der Waals surface area contributed by atoms with E-state index in [-0.39, 0.29) is 48.3 Å². The number of benzene rings is 2. The zero-order valence-corrected chi connectivity index (χ0v) is 21.0. The van der Waals surface area contributed by atoms with Crippen molar-refractivity contribution in [2.75, 3.05) is 13.7 Å². The van der Waals surface area contributed by atoms with E-state index < -0.39 is 52.1 Å². The average molecular weight is 534 g/mol. The summed E-state index contributed by atoms with van der Waals surface area (Å²) < 4.78 is 0. The fraction of sp³-hybridized carbons (Fsp3) is 0.286. The molecule has 5 rings (SSSR count). The SMILES string of the molecule is CONC(=O)c1cccc(-c2ccc(O)c3c2C[C@H]2C[C@H]4CC(CN)=C(C(N)=O)C(=O)[C@@]4(O)C(O)=C2C3=O)c1. The molecule has 0 unspecified atom stereocenters. The van der Waals surface area contributed by atoms with Crippen molar-refractivity contribution in [3.05, 3.63) is 75.6 Å². The third kappa shape index (κ3) is 3.85. The standard InChI is InChI=1S/C28H27N3O8/c1-39-31-27(37)13-4-2-3-12(7-13)17-5-6-19(32)22-18(17)10-14-8-16-9-15(11-29)21(26(30)36)25(35)28(16,38)24(34)20(14)23(22)33/h2-7,14,16,32,34,38H,8-11,29H2,1H3,(H2,30,36)(H,31,37)/t14-,16+,28+/m1/s1. The normalized spacial score (nSPS) is 24.2. The van der Waals surface area contributed by atoms with Gasteiger partial charge >= 0.3 is 0 Å². The first kappa shape index (κ1) is 26.3. The van der Waals surface area contributed by atoms with Gasteiger partial charge in [0.15, 0.2) is 11.4 Å². The molecule has 39 heavy (non-hydrogen) atoms. The highest BCUT2D eigenvalue weighted by Crippen LogP contribution is 2.52. The summed E-state index contributed by atoms with van der Waals surface area (Å²) in [6.45, 7) is -0.134. The summed E-state index contributed by atoms with van der Waals surface area (Å²) >= 11 is 0. The minimum absolute atomic E-state index is 0.0372. The van der Waals surface area contributed by atoms with Crippen molar-refractivity contribution >= 4 is 23.4 Å². The molecule has 3 atom stereocenters. The molecule has 0 bridgehead atoms. The number of aliphatic hydroxyl groups excluding tert-OH is 1. The van der Waals surface area contributed by atoms with Crippen LogP contribution in [0, 0.1) is 11.8 Å². The molecule has 0 heterocycles. The Morgan fingerprint density at radius 1 is 1.15 bits per heavy atom. The van der Waals surface area contributed by atoms with Crippen LogP contribution in [-0.2, 0) is 20.8 Å². The lowest BCUT2D eigenvalue weighted by molar-refractivity contribution is -0.143. The molecule has 2 aromatic carbocycles. The smallest absolute Gasteiger partial charge is 0.274 e. The van der Waals surface area contributed by atoms with E-state index >= 15 is 0 Å². The Labute approximate surface area is 222 Å². The molecule has 202 valence electrons. The molecule has 0 fully saturated rings. The third-order valence-corrected chi connectivity index (χ3v) is 7.94. The van der Waals surface area contributed by atoms with Crippen LogP contribution in [0.1, 0.15) is 39.1 Å². The summed E-state index contributed by atoms with van der Waals surface area (Å²) in [5.41, 5.74) is 12.5. The summed E-state index contributed by atoms with van der Waals surface area (Å²) in [6.07, 6.45) is 0.368. The number of aliphatic hydroxyl groups is 2. The topological polar surface area (TPSA) is 202 Å². The van der Waals surface area contributed by atoms with Crippen LogP contribution in [0.3, 0.4) is 0 Å². The number of hydrogen-bond donors (Lipinski definition) is 6. The zero-order valence-electron chi connectivity index (χ0n) is 21.0. The number of carbonyl (C=O) groups is 4. The number of hydrogen-bond acceptors (Lipinski definition) is 9. The molecule has 3 aliphatic rings. The number of carbonyl (C=O) groups excluding carboxylic acids is 4. The number of rotatable bonds is 5. The fourth-order valence-corrected chi connectivity index (χ4v) is 6.18. The monoisotopic (exact) mass is 533 g/mol. The van der Waals surface area contributed by atoms with Crippen LogP contribution >= 0.6 is 0 Å². The van der Waals surface area contributed by atoms with Crippen molar-refractivity contribution in [1.82, 2.24) is 5.48 Å². The van der Waals surface area contributed by atoms with E-state index in [0.717, 1.165) is 0 Å². The van der Waals surface area contributed by atoms with Crippen LogP contribution in [0.4, 0.5) is 0 Å². The number of ketones is 2. The largest absolute Gasteiger partial charge is 0.508 e. The molecule has 2 amide bonds. The number of primary amides is 1. The quantitative estimate of drug-likeness (QED) is 0.239. The van der Waals surface area contributed by atoms with Crippen molar-refractivity contribution in [2.24, 2.45) is 23.3 Å². The Morgan fingerprint density at radius 3 is 2.56 bits per heavy atom. The van der Waals surface area contributed by atoms with Crippen LogP contribution in [0.5, 0.6) is 5.75 Å². The molecule has 0 spiro atoms. The fourth-order valence-electron chi connectivity index (χ4n) is 6.18. The molecule has 0 radical (unpaired) electrons. The van der Waals surface area contributed by atoms with E-state index in [9.17, 15) is 34.5 Å². The number of Topliss-reactive ketones (excluding diaryl/α,β-unsaturated/α-hetero) is 2. The first-order valence-electron chi connectivity index (χ1n) is 12.3. The molecule has 8 N–H and O–H groups in total. The van der Waals surface area contributed by atoms with Gasteiger partial charge in [-0.3, -0.25) is 24.0 Å². The predicted molar refractivity (Wildman–Crippen MR) is 137 cm³/mol. The molecule has 2 aromatic rings. The molecule has 0 saturated heterocycles. The number of amides is 2. The Balaban J connectivity index is 1.64. The maximum absolute atomic E-state index is 13.8. The van der Waals surface area contributed by atoms with E-state index in [0.29, 0.717) is 22.3 Å². The minimum Gasteiger partial charge on any atom is -0.508 e. The highest BCUT2D eigenvalue weighted by atomic mass is 16.6. The van der Waals surface area contributed by atoms with Gasteiger partial charge in [-0.05, 0) is 65.6 Å². The van der Waals surface area contributed by atoms with Gasteiger partial charge < -0.3 is 26.8 Å². The number of nitrogens with two attached hydrogens (primary N) is 2. The maximum atomic E-state index is 13.8. The van der Waals surface area contributed by atoms with Gasteiger partial charge in [0, 0.05) is 23.6 Å². The minimum atomic E-state index is -2.52. The average Bonchev–Trinajstić information content (AvgIpc) is 2.90. The number of fused-ring (bicyclic) bond motifs is 3. The van der Waals surface area contributed by atoms with E-state index in [1.807, 2.05) is 0 Å². The lowest BCUT2D eigenvalue weighted by Gasteiger charge is -2.46. The van der Waals surface area contributed by atoms with Gasteiger partial charge in [0.05, 0.1) is 18.2 Å². The molecule has 11 nitrogen and oxygen atoms in total. The summed E-state index contributed by atoms with van der Waals surface area (Å²) in [5.74, 6) is -5.98. The highest BCUT2D eigenvalue weighted by Gasteiger charge is 2.59. The molecule has 0 aliphatic heterocycles. The summed E-state index contributed by atoms with van der Waals surface area (Å²) in [7, 11) is 1.32. The molecule has 0 saturated carbocycles. The van der Waals surface area contributed by atoms with Crippen molar-refractivity contribution in [3.63, 3.8) is 0 Å². The van der Waals surface area contributed by atoms with Crippen molar-refractivity contribution in [3.8, 4) is 16.9 Å². The van der Waals surface area contributed by atoms with Crippen molar-refractivity contribution < 1.29 is 39.3 Å². The molecular formula is C28H27N3O8.